The number of rotatable bonds is 9. The molecule has 0 unspecified atom stereocenters. The molecule has 0 heterocycles. The summed E-state index contributed by atoms with van der Waals surface area (Å²) < 4.78 is 40.8. The molecule has 1 aromatic carbocycles. The molecule has 7 nitrogen and oxygen atoms in total. The highest BCUT2D eigenvalue weighted by atomic mass is 32.2. The molecule has 0 aliphatic rings. The van der Waals surface area contributed by atoms with Gasteiger partial charge >= 0.3 is 0 Å². The first kappa shape index (κ1) is 23.0. The standard InChI is InChI=1S/C18H28FN3O4S/c1-6-21(12-17(23)20-13(4)5)18(24)15-11-14(9-10-16(15)19)27(25,26)22(7-2)8-3/h9-11,13H,6-8,12H2,1-5H3,(H,20,23). The minimum Gasteiger partial charge on any atom is -0.352 e. The third-order valence-electron chi connectivity index (χ3n) is 3.96. The van der Waals surface area contributed by atoms with E-state index in [1.807, 2.05) is 0 Å². The van der Waals surface area contributed by atoms with Crippen LogP contribution < -0.4 is 5.32 Å². The van der Waals surface area contributed by atoms with Gasteiger partial charge < -0.3 is 10.2 Å². The van der Waals surface area contributed by atoms with Crippen LogP contribution in [0, 0.1) is 5.82 Å². The van der Waals surface area contributed by atoms with E-state index in [1.165, 1.54) is 9.21 Å². The van der Waals surface area contributed by atoms with Crippen molar-refractivity contribution >= 4 is 21.8 Å². The normalized spacial score (nSPS) is 11.7. The first-order valence-electron chi connectivity index (χ1n) is 8.96. The summed E-state index contributed by atoms with van der Waals surface area (Å²) in [7, 11) is -3.83. The van der Waals surface area contributed by atoms with E-state index >= 15 is 0 Å². The number of halogens is 1. The van der Waals surface area contributed by atoms with Gasteiger partial charge in [-0.2, -0.15) is 4.31 Å². The molecule has 0 bridgehead atoms. The molecule has 0 atom stereocenters. The second kappa shape index (κ2) is 9.80. The minimum atomic E-state index is -3.83. The quantitative estimate of drug-likeness (QED) is 0.684. The number of amides is 2. The molecule has 0 spiro atoms. The van der Waals surface area contributed by atoms with Crippen molar-refractivity contribution in [1.82, 2.24) is 14.5 Å². The zero-order valence-electron chi connectivity index (χ0n) is 16.5. The molecule has 27 heavy (non-hydrogen) atoms. The minimum absolute atomic E-state index is 0.0921. The second-order valence-corrected chi connectivity index (χ2v) is 8.21. The predicted octanol–water partition coefficient (Wildman–Crippen LogP) is 1.84. The number of sulfonamides is 1. The Morgan fingerprint density at radius 2 is 1.70 bits per heavy atom. The van der Waals surface area contributed by atoms with Gasteiger partial charge in [0.2, 0.25) is 15.9 Å². The van der Waals surface area contributed by atoms with Crippen LogP contribution in [0.1, 0.15) is 45.0 Å². The summed E-state index contributed by atoms with van der Waals surface area (Å²) >= 11 is 0. The van der Waals surface area contributed by atoms with Crippen molar-refractivity contribution in [3.05, 3.63) is 29.6 Å². The van der Waals surface area contributed by atoms with Crippen LogP contribution in [0.5, 0.6) is 0 Å². The van der Waals surface area contributed by atoms with Gasteiger partial charge in [-0.15, -0.1) is 0 Å². The first-order chi connectivity index (χ1) is 12.6. The molecule has 0 saturated heterocycles. The van der Waals surface area contributed by atoms with Gasteiger partial charge in [-0.1, -0.05) is 13.8 Å². The molecular formula is C18H28FN3O4S. The Bertz CT molecular complexity index is 777. The summed E-state index contributed by atoms with van der Waals surface area (Å²) in [5, 5.41) is 2.67. The van der Waals surface area contributed by atoms with E-state index in [1.54, 1.807) is 34.6 Å². The van der Waals surface area contributed by atoms with Gasteiger partial charge in [-0.3, -0.25) is 9.59 Å². The summed E-state index contributed by atoms with van der Waals surface area (Å²) in [5.74, 6) is -1.93. The van der Waals surface area contributed by atoms with Crippen LogP contribution in [0.3, 0.4) is 0 Å². The Hall–Kier alpha value is -2.00. The van der Waals surface area contributed by atoms with Crippen LogP contribution >= 0.6 is 0 Å². The zero-order chi connectivity index (χ0) is 20.8. The Balaban J connectivity index is 3.21. The Labute approximate surface area is 160 Å². The highest BCUT2D eigenvalue weighted by molar-refractivity contribution is 7.89. The fraction of sp³-hybridized carbons (Fsp3) is 0.556. The summed E-state index contributed by atoms with van der Waals surface area (Å²) in [4.78, 5) is 25.7. The average Bonchev–Trinajstić information content (AvgIpc) is 2.59. The largest absolute Gasteiger partial charge is 0.352 e. The van der Waals surface area contributed by atoms with Gasteiger partial charge in [0.15, 0.2) is 0 Å². The number of benzene rings is 1. The molecule has 0 fully saturated rings. The summed E-state index contributed by atoms with van der Waals surface area (Å²) in [6, 6.07) is 3.05. The van der Waals surface area contributed by atoms with Crippen molar-refractivity contribution in [3.8, 4) is 0 Å². The van der Waals surface area contributed by atoms with Crippen molar-refractivity contribution in [1.29, 1.82) is 0 Å². The zero-order valence-corrected chi connectivity index (χ0v) is 17.3. The molecule has 0 aromatic heterocycles. The van der Waals surface area contributed by atoms with E-state index in [4.69, 9.17) is 0 Å². The first-order valence-corrected chi connectivity index (χ1v) is 10.4. The second-order valence-electron chi connectivity index (χ2n) is 6.27. The van der Waals surface area contributed by atoms with Crippen LogP contribution in [0.2, 0.25) is 0 Å². The van der Waals surface area contributed by atoms with E-state index in [0.717, 1.165) is 18.2 Å². The maximum Gasteiger partial charge on any atom is 0.257 e. The number of carbonyl (C=O) groups is 2. The van der Waals surface area contributed by atoms with E-state index in [2.05, 4.69) is 5.32 Å². The molecule has 0 radical (unpaired) electrons. The lowest BCUT2D eigenvalue weighted by atomic mass is 10.2. The van der Waals surface area contributed by atoms with Crippen LogP contribution in [0.4, 0.5) is 4.39 Å². The molecule has 2 amide bonds. The van der Waals surface area contributed by atoms with Crippen molar-refractivity contribution in [2.24, 2.45) is 0 Å². The number of carbonyl (C=O) groups excluding carboxylic acids is 2. The van der Waals surface area contributed by atoms with Crippen LogP contribution in [-0.4, -0.2) is 61.7 Å². The molecule has 1 rings (SSSR count). The topological polar surface area (TPSA) is 86.8 Å². The highest BCUT2D eigenvalue weighted by Gasteiger charge is 2.26. The summed E-state index contributed by atoms with van der Waals surface area (Å²) in [6.07, 6.45) is 0. The van der Waals surface area contributed by atoms with Crippen LogP contribution in [-0.2, 0) is 14.8 Å². The van der Waals surface area contributed by atoms with Crippen molar-refractivity contribution < 1.29 is 22.4 Å². The van der Waals surface area contributed by atoms with Gasteiger partial charge in [0.25, 0.3) is 5.91 Å². The van der Waals surface area contributed by atoms with Gasteiger partial charge in [0.1, 0.15) is 5.82 Å². The van der Waals surface area contributed by atoms with Gasteiger partial charge in [-0.25, -0.2) is 12.8 Å². The third-order valence-corrected chi connectivity index (χ3v) is 6.01. The summed E-state index contributed by atoms with van der Waals surface area (Å²) in [6.45, 7) is 9.09. The lowest BCUT2D eigenvalue weighted by Crippen LogP contribution is -2.43. The van der Waals surface area contributed by atoms with Gasteiger partial charge in [-0.05, 0) is 39.0 Å². The lowest BCUT2D eigenvalue weighted by molar-refractivity contribution is -0.122. The number of nitrogens with zero attached hydrogens (tertiary/aromatic N) is 2. The van der Waals surface area contributed by atoms with Crippen LogP contribution in [0.15, 0.2) is 23.1 Å². The van der Waals surface area contributed by atoms with E-state index in [0.29, 0.717) is 0 Å². The fourth-order valence-electron chi connectivity index (χ4n) is 2.58. The van der Waals surface area contributed by atoms with Crippen molar-refractivity contribution in [2.75, 3.05) is 26.2 Å². The molecule has 0 aliphatic heterocycles. The number of likely N-dealkylation sites (N-methyl/N-ethyl adjacent to an activating group) is 1. The Morgan fingerprint density at radius 3 is 2.19 bits per heavy atom. The Kier molecular flexibility index (Phi) is 8.36. The molecule has 9 heteroatoms. The van der Waals surface area contributed by atoms with Crippen molar-refractivity contribution in [2.45, 2.75) is 45.6 Å². The van der Waals surface area contributed by atoms with Crippen molar-refractivity contribution in [3.63, 3.8) is 0 Å². The maximum absolute atomic E-state index is 14.3. The maximum atomic E-state index is 14.3. The molecular weight excluding hydrogens is 373 g/mol. The Morgan fingerprint density at radius 1 is 1.11 bits per heavy atom. The number of hydrogen-bond donors (Lipinski definition) is 1. The predicted molar refractivity (Wildman–Crippen MR) is 101 cm³/mol. The van der Waals surface area contributed by atoms with Gasteiger partial charge in [0, 0.05) is 25.7 Å². The smallest absolute Gasteiger partial charge is 0.257 e. The molecule has 0 saturated carbocycles. The van der Waals surface area contributed by atoms with Crippen LogP contribution in [0.25, 0.3) is 0 Å². The summed E-state index contributed by atoms with van der Waals surface area (Å²) in [5.41, 5.74) is -0.373. The molecule has 1 aromatic rings. The molecule has 152 valence electrons. The monoisotopic (exact) mass is 401 g/mol. The molecule has 0 aliphatic carbocycles. The number of nitrogens with one attached hydrogen (secondary N) is 1. The SMILES string of the molecule is CCN(CC(=O)NC(C)C)C(=O)c1cc(S(=O)(=O)N(CC)CC)ccc1F. The van der Waals surface area contributed by atoms with Gasteiger partial charge in [0.05, 0.1) is 17.0 Å². The fourth-order valence-corrected chi connectivity index (χ4v) is 4.06. The highest BCUT2D eigenvalue weighted by Crippen LogP contribution is 2.20. The molecule has 1 N–H and O–H groups in total. The number of hydrogen-bond acceptors (Lipinski definition) is 4. The lowest BCUT2D eigenvalue weighted by Gasteiger charge is -2.22. The van der Waals surface area contributed by atoms with E-state index in [9.17, 15) is 22.4 Å². The van der Waals surface area contributed by atoms with E-state index < -0.39 is 21.7 Å². The third kappa shape index (κ3) is 5.74. The average molecular weight is 402 g/mol. The van der Waals surface area contributed by atoms with E-state index in [-0.39, 0.29) is 48.6 Å².